The molecule has 2 unspecified atom stereocenters. The van der Waals surface area contributed by atoms with Gasteiger partial charge >= 0.3 is 0 Å². The van der Waals surface area contributed by atoms with Crippen molar-refractivity contribution in [1.29, 1.82) is 0 Å². The molecule has 1 saturated carbocycles. The largest absolute Gasteiger partial charge is 0.496 e. The van der Waals surface area contributed by atoms with E-state index in [1.54, 1.807) is 7.11 Å². The minimum Gasteiger partial charge on any atom is -0.496 e. The molecule has 18 heavy (non-hydrogen) atoms. The van der Waals surface area contributed by atoms with Crippen LogP contribution < -0.4 is 10.1 Å². The van der Waals surface area contributed by atoms with Crippen molar-refractivity contribution in [3.63, 3.8) is 0 Å². The molecule has 4 heteroatoms. The molecule has 1 aliphatic rings. The molecule has 0 aliphatic heterocycles. The zero-order valence-electron chi connectivity index (χ0n) is 10.7. The van der Waals surface area contributed by atoms with Crippen LogP contribution >= 0.6 is 15.9 Å². The van der Waals surface area contributed by atoms with E-state index >= 15 is 0 Å². The Labute approximate surface area is 117 Å². The number of aliphatic hydroxyl groups is 1. The molecule has 0 amide bonds. The van der Waals surface area contributed by atoms with Crippen LogP contribution in [0.1, 0.15) is 24.8 Å². The third kappa shape index (κ3) is 3.25. The third-order valence-corrected chi connectivity index (χ3v) is 4.30. The van der Waals surface area contributed by atoms with E-state index in [1.807, 2.05) is 6.07 Å². The average molecular weight is 314 g/mol. The Kier molecular flexibility index (Phi) is 5.03. The number of ether oxygens (including phenoxy) is 1. The molecular formula is C14H20BrNO2. The van der Waals surface area contributed by atoms with E-state index in [1.165, 1.54) is 18.4 Å². The summed E-state index contributed by atoms with van der Waals surface area (Å²) in [5.41, 5.74) is 1.23. The first-order chi connectivity index (χ1) is 8.74. The second-order valence-corrected chi connectivity index (χ2v) is 5.68. The Morgan fingerprint density at radius 3 is 2.94 bits per heavy atom. The van der Waals surface area contributed by atoms with Gasteiger partial charge in [-0.1, -0.05) is 12.5 Å². The minimum absolute atomic E-state index is 0.296. The summed E-state index contributed by atoms with van der Waals surface area (Å²) in [6, 6.07) is 6.57. The highest BCUT2D eigenvalue weighted by molar-refractivity contribution is 9.10. The molecule has 2 atom stereocenters. The van der Waals surface area contributed by atoms with Gasteiger partial charge in [0.25, 0.3) is 0 Å². The van der Waals surface area contributed by atoms with E-state index in [-0.39, 0.29) is 0 Å². The lowest BCUT2D eigenvalue weighted by atomic mass is 10.0. The second kappa shape index (κ2) is 6.55. The number of hydrogen-bond acceptors (Lipinski definition) is 3. The van der Waals surface area contributed by atoms with Crippen LogP contribution in [0.3, 0.4) is 0 Å². The van der Waals surface area contributed by atoms with E-state index in [4.69, 9.17) is 4.74 Å². The first kappa shape index (κ1) is 13.8. The molecule has 1 aromatic carbocycles. The van der Waals surface area contributed by atoms with Crippen molar-refractivity contribution >= 4 is 15.9 Å². The standard InChI is InChI=1S/C14H20BrNO2/c1-18-14-6-5-10(7-12(14)15)8-16-13-4-2-3-11(13)9-17/h5-7,11,13,16-17H,2-4,8-9H2,1H3. The smallest absolute Gasteiger partial charge is 0.133 e. The van der Waals surface area contributed by atoms with Crippen LogP contribution in [0.5, 0.6) is 5.75 Å². The number of nitrogens with one attached hydrogen (secondary N) is 1. The summed E-state index contributed by atoms with van der Waals surface area (Å²) in [4.78, 5) is 0. The third-order valence-electron chi connectivity index (χ3n) is 3.68. The lowest BCUT2D eigenvalue weighted by molar-refractivity contribution is 0.205. The Morgan fingerprint density at radius 2 is 2.28 bits per heavy atom. The minimum atomic E-state index is 0.296. The normalized spacial score (nSPS) is 23.3. The summed E-state index contributed by atoms with van der Waals surface area (Å²) in [5, 5.41) is 12.8. The molecule has 1 aromatic rings. The molecular weight excluding hydrogens is 294 g/mol. The van der Waals surface area contributed by atoms with Crippen molar-refractivity contribution in [1.82, 2.24) is 5.32 Å². The molecule has 3 nitrogen and oxygen atoms in total. The zero-order valence-corrected chi connectivity index (χ0v) is 12.2. The van der Waals surface area contributed by atoms with Gasteiger partial charge < -0.3 is 15.2 Å². The van der Waals surface area contributed by atoms with Gasteiger partial charge in [-0.15, -0.1) is 0 Å². The summed E-state index contributed by atoms with van der Waals surface area (Å²) in [6.45, 7) is 1.13. The van der Waals surface area contributed by atoms with Crippen LogP contribution in [0, 0.1) is 5.92 Å². The Hall–Kier alpha value is -0.580. The molecule has 0 spiro atoms. The van der Waals surface area contributed by atoms with Crippen LogP contribution in [-0.2, 0) is 6.54 Å². The molecule has 0 radical (unpaired) electrons. The molecule has 1 fully saturated rings. The monoisotopic (exact) mass is 313 g/mol. The highest BCUT2D eigenvalue weighted by Gasteiger charge is 2.25. The Morgan fingerprint density at radius 1 is 1.44 bits per heavy atom. The molecule has 100 valence electrons. The molecule has 0 bridgehead atoms. The molecule has 0 saturated heterocycles. The fourth-order valence-corrected chi connectivity index (χ4v) is 3.18. The quantitative estimate of drug-likeness (QED) is 0.878. The maximum Gasteiger partial charge on any atom is 0.133 e. The van der Waals surface area contributed by atoms with Gasteiger partial charge in [0, 0.05) is 19.2 Å². The first-order valence-corrected chi connectivity index (χ1v) is 7.20. The van der Waals surface area contributed by atoms with Gasteiger partial charge in [0.2, 0.25) is 0 Å². The zero-order chi connectivity index (χ0) is 13.0. The highest BCUT2D eigenvalue weighted by Crippen LogP contribution is 2.27. The van der Waals surface area contributed by atoms with Gasteiger partial charge in [-0.25, -0.2) is 0 Å². The Balaban J connectivity index is 1.92. The predicted octanol–water partition coefficient (Wildman–Crippen LogP) is 2.71. The number of hydrogen-bond donors (Lipinski definition) is 2. The lowest BCUT2D eigenvalue weighted by Gasteiger charge is -2.19. The fourth-order valence-electron chi connectivity index (χ4n) is 2.59. The Bertz CT molecular complexity index is 397. The summed E-state index contributed by atoms with van der Waals surface area (Å²) in [6.07, 6.45) is 3.53. The van der Waals surface area contributed by atoms with Gasteiger partial charge in [-0.3, -0.25) is 0 Å². The maximum absolute atomic E-state index is 9.28. The van der Waals surface area contributed by atoms with Crippen molar-refractivity contribution in [2.45, 2.75) is 31.8 Å². The SMILES string of the molecule is COc1ccc(CNC2CCCC2CO)cc1Br. The average Bonchev–Trinajstić information content (AvgIpc) is 2.84. The van der Waals surface area contributed by atoms with Crippen molar-refractivity contribution in [2.75, 3.05) is 13.7 Å². The van der Waals surface area contributed by atoms with E-state index < -0.39 is 0 Å². The van der Waals surface area contributed by atoms with Crippen molar-refractivity contribution < 1.29 is 9.84 Å². The molecule has 0 heterocycles. The van der Waals surface area contributed by atoms with Crippen LogP contribution in [0.25, 0.3) is 0 Å². The van der Waals surface area contributed by atoms with Gasteiger partial charge in [0.1, 0.15) is 5.75 Å². The molecule has 1 aliphatic carbocycles. The van der Waals surface area contributed by atoms with Gasteiger partial charge in [-0.2, -0.15) is 0 Å². The molecule has 2 rings (SSSR count). The lowest BCUT2D eigenvalue weighted by Crippen LogP contribution is -2.33. The van der Waals surface area contributed by atoms with Gasteiger partial charge in [0.05, 0.1) is 11.6 Å². The predicted molar refractivity (Wildman–Crippen MR) is 75.7 cm³/mol. The number of rotatable bonds is 5. The maximum atomic E-state index is 9.28. The topological polar surface area (TPSA) is 41.5 Å². The number of benzene rings is 1. The van der Waals surface area contributed by atoms with Crippen molar-refractivity contribution in [2.24, 2.45) is 5.92 Å². The van der Waals surface area contributed by atoms with Crippen LogP contribution in [-0.4, -0.2) is 24.9 Å². The number of aliphatic hydroxyl groups excluding tert-OH is 1. The van der Waals surface area contributed by atoms with E-state index in [0.717, 1.165) is 23.2 Å². The number of halogens is 1. The summed E-state index contributed by atoms with van der Waals surface area (Å²) >= 11 is 3.49. The first-order valence-electron chi connectivity index (χ1n) is 6.41. The van der Waals surface area contributed by atoms with Gasteiger partial charge in [-0.05, 0) is 52.4 Å². The van der Waals surface area contributed by atoms with Gasteiger partial charge in [0.15, 0.2) is 0 Å². The van der Waals surface area contributed by atoms with Crippen LogP contribution in [0.15, 0.2) is 22.7 Å². The summed E-state index contributed by atoms with van der Waals surface area (Å²) in [7, 11) is 1.67. The fraction of sp³-hybridized carbons (Fsp3) is 0.571. The number of methoxy groups -OCH3 is 1. The summed E-state index contributed by atoms with van der Waals surface area (Å²) in [5.74, 6) is 1.28. The van der Waals surface area contributed by atoms with Crippen molar-refractivity contribution in [3.8, 4) is 5.75 Å². The highest BCUT2D eigenvalue weighted by atomic mass is 79.9. The summed E-state index contributed by atoms with van der Waals surface area (Å²) < 4.78 is 6.19. The van der Waals surface area contributed by atoms with Crippen LogP contribution in [0.2, 0.25) is 0 Å². The van der Waals surface area contributed by atoms with E-state index in [2.05, 4.69) is 33.4 Å². The van der Waals surface area contributed by atoms with Crippen LogP contribution in [0.4, 0.5) is 0 Å². The molecule has 0 aromatic heterocycles. The van der Waals surface area contributed by atoms with Crippen molar-refractivity contribution in [3.05, 3.63) is 28.2 Å². The van der Waals surface area contributed by atoms with E-state index in [0.29, 0.717) is 18.6 Å². The second-order valence-electron chi connectivity index (χ2n) is 4.83. The van der Waals surface area contributed by atoms with E-state index in [9.17, 15) is 5.11 Å². The molecule has 2 N–H and O–H groups in total.